The summed E-state index contributed by atoms with van der Waals surface area (Å²) in [5, 5.41) is 0. The number of alkyl halides is 3. The molecular weight excluding hydrogens is 337 g/mol. The normalized spacial score (nSPS) is 13.2. The first-order valence-corrected chi connectivity index (χ1v) is 6.30. The van der Waals surface area contributed by atoms with Crippen molar-refractivity contribution in [2.75, 3.05) is 0 Å². The Morgan fingerprint density at radius 3 is 2.40 bits per heavy atom. The third-order valence-corrected chi connectivity index (χ3v) is 3.44. The van der Waals surface area contributed by atoms with E-state index in [0.717, 1.165) is 12.1 Å². The van der Waals surface area contributed by atoms with Gasteiger partial charge in [-0.15, -0.1) is 0 Å². The fourth-order valence-corrected chi connectivity index (χ4v) is 2.24. The number of hydrogen-bond acceptors (Lipinski definition) is 4. The van der Waals surface area contributed by atoms with Crippen molar-refractivity contribution < 1.29 is 13.2 Å². The zero-order valence-electron chi connectivity index (χ0n) is 10.0. The third-order valence-electron chi connectivity index (χ3n) is 2.71. The van der Waals surface area contributed by atoms with E-state index in [4.69, 9.17) is 5.84 Å². The molecule has 4 nitrogen and oxygen atoms in total. The molecule has 1 unspecified atom stereocenters. The lowest BCUT2D eigenvalue weighted by atomic mass is 9.99. The summed E-state index contributed by atoms with van der Waals surface area (Å²) < 4.78 is 38.8. The monoisotopic (exact) mass is 346 g/mol. The molecule has 1 heterocycles. The van der Waals surface area contributed by atoms with E-state index in [-0.39, 0.29) is 0 Å². The molecule has 0 radical (unpaired) electrons. The average Bonchev–Trinajstić information content (AvgIpc) is 2.41. The largest absolute Gasteiger partial charge is 0.416 e. The molecule has 0 saturated carbocycles. The van der Waals surface area contributed by atoms with Gasteiger partial charge in [0.25, 0.3) is 0 Å². The Kier molecular flexibility index (Phi) is 4.36. The van der Waals surface area contributed by atoms with Crippen LogP contribution < -0.4 is 11.3 Å². The average molecular weight is 347 g/mol. The molecule has 1 aromatic heterocycles. The lowest BCUT2D eigenvalue weighted by Crippen LogP contribution is -2.29. The van der Waals surface area contributed by atoms with Crippen LogP contribution in [0.15, 0.2) is 41.4 Å². The quantitative estimate of drug-likeness (QED) is 0.662. The zero-order valence-corrected chi connectivity index (χ0v) is 11.6. The standard InChI is InChI=1S/C12H10BrF3N4/c13-10-2-1-8(12(14,15)16)3-9(10)11(20-17)7-4-18-6-19-5-7/h1-6,11,20H,17H2. The Morgan fingerprint density at radius 2 is 1.85 bits per heavy atom. The van der Waals surface area contributed by atoms with Crippen molar-refractivity contribution in [3.05, 3.63) is 58.1 Å². The van der Waals surface area contributed by atoms with Crippen LogP contribution in [-0.4, -0.2) is 9.97 Å². The molecule has 0 aliphatic carbocycles. The van der Waals surface area contributed by atoms with E-state index in [1.54, 1.807) is 0 Å². The first-order chi connectivity index (χ1) is 9.43. The summed E-state index contributed by atoms with van der Waals surface area (Å²) in [6.45, 7) is 0. The Balaban J connectivity index is 2.50. The van der Waals surface area contributed by atoms with Gasteiger partial charge in [0.1, 0.15) is 6.33 Å². The van der Waals surface area contributed by atoms with Crippen molar-refractivity contribution in [3.8, 4) is 0 Å². The van der Waals surface area contributed by atoms with Crippen LogP contribution in [0.2, 0.25) is 0 Å². The number of hydrogen-bond donors (Lipinski definition) is 2. The van der Waals surface area contributed by atoms with Gasteiger partial charge in [0.05, 0.1) is 11.6 Å². The maximum atomic E-state index is 12.8. The van der Waals surface area contributed by atoms with Crippen molar-refractivity contribution >= 4 is 15.9 Å². The predicted molar refractivity (Wildman–Crippen MR) is 70.3 cm³/mol. The van der Waals surface area contributed by atoms with E-state index >= 15 is 0 Å². The Morgan fingerprint density at radius 1 is 1.20 bits per heavy atom. The minimum absolute atomic E-state index is 0.358. The smallest absolute Gasteiger partial charge is 0.271 e. The fourth-order valence-electron chi connectivity index (χ4n) is 1.77. The van der Waals surface area contributed by atoms with E-state index in [1.165, 1.54) is 24.8 Å². The van der Waals surface area contributed by atoms with Gasteiger partial charge in [-0.05, 0) is 23.8 Å². The van der Waals surface area contributed by atoms with Crippen LogP contribution in [0.25, 0.3) is 0 Å². The van der Waals surface area contributed by atoms with Crippen LogP contribution in [0.3, 0.4) is 0 Å². The Labute approximate surface area is 121 Å². The van der Waals surface area contributed by atoms with Gasteiger partial charge < -0.3 is 0 Å². The Bertz CT molecular complexity index is 589. The number of hydrazine groups is 1. The summed E-state index contributed by atoms with van der Waals surface area (Å²) in [6.07, 6.45) is -0.103. The predicted octanol–water partition coefficient (Wildman–Crippen LogP) is 2.81. The zero-order chi connectivity index (χ0) is 14.8. The van der Waals surface area contributed by atoms with Crippen LogP contribution in [0.4, 0.5) is 13.2 Å². The molecule has 3 N–H and O–H groups in total. The highest BCUT2D eigenvalue weighted by molar-refractivity contribution is 9.10. The highest BCUT2D eigenvalue weighted by Crippen LogP contribution is 2.35. The van der Waals surface area contributed by atoms with E-state index in [9.17, 15) is 13.2 Å². The molecule has 0 amide bonds. The molecule has 0 fully saturated rings. The third kappa shape index (κ3) is 3.14. The van der Waals surface area contributed by atoms with Crippen molar-refractivity contribution in [1.29, 1.82) is 0 Å². The van der Waals surface area contributed by atoms with Crippen LogP contribution in [0.1, 0.15) is 22.7 Å². The summed E-state index contributed by atoms with van der Waals surface area (Å²) in [4.78, 5) is 7.67. The second-order valence-corrected chi connectivity index (χ2v) is 4.86. The first-order valence-electron chi connectivity index (χ1n) is 5.51. The van der Waals surface area contributed by atoms with Gasteiger partial charge in [0.2, 0.25) is 0 Å². The van der Waals surface area contributed by atoms with Crippen LogP contribution in [-0.2, 0) is 6.18 Å². The molecular formula is C12H10BrF3N4. The van der Waals surface area contributed by atoms with Crippen molar-refractivity contribution in [3.63, 3.8) is 0 Å². The summed E-state index contributed by atoms with van der Waals surface area (Å²) >= 11 is 3.23. The molecule has 0 bridgehead atoms. The van der Waals surface area contributed by atoms with Gasteiger partial charge in [-0.1, -0.05) is 15.9 Å². The number of nitrogens with two attached hydrogens (primary N) is 1. The number of nitrogens with zero attached hydrogens (tertiary/aromatic N) is 2. The molecule has 2 aromatic rings. The number of halogens is 4. The van der Waals surface area contributed by atoms with Crippen LogP contribution >= 0.6 is 15.9 Å². The minimum Gasteiger partial charge on any atom is -0.271 e. The van der Waals surface area contributed by atoms with Gasteiger partial charge in [0, 0.05) is 22.4 Å². The molecule has 20 heavy (non-hydrogen) atoms. The van der Waals surface area contributed by atoms with Gasteiger partial charge in [-0.3, -0.25) is 5.84 Å². The van der Waals surface area contributed by atoms with E-state index < -0.39 is 17.8 Å². The molecule has 8 heteroatoms. The molecule has 2 rings (SSSR count). The molecule has 1 atom stereocenters. The lowest BCUT2D eigenvalue weighted by Gasteiger charge is -2.19. The summed E-state index contributed by atoms with van der Waals surface area (Å²) in [5.74, 6) is 5.46. The van der Waals surface area contributed by atoms with Crippen LogP contribution in [0.5, 0.6) is 0 Å². The van der Waals surface area contributed by atoms with Crippen molar-refractivity contribution in [2.24, 2.45) is 5.84 Å². The van der Waals surface area contributed by atoms with E-state index in [2.05, 4.69) is 31.3 Å². The van der Waals surface area contributed by atoms with E-state index in [0.29, 0.717) is 15.6 Å². The molecule has 0 saturated heterocycles. The second kappa shape index (κ2) is 5.86. The van der Waals surface area contributed by atoms with Crippen molar-refractivity contribution in [2.45, 2.75) is 12.2 Å². The lowest BCUT2D eigenvalue weighted by molar-refractivity contribution is -0.137. The minimum atomic E-state index is -4.41. The summed E-state index contributed by atoms with van der Waals surface area (Å²) in [7, 11) is 0. The van der Waals surface area contributed by atoms with Gasteiger partial charge >= 0.3 is 6.18 Å². The number of benzene rings is 1. The summed E-state index contributed by atoms with van der Waals surface area (Å²) in [6, 6.07) is 2.74. The molecule has 0 spiro atoms. The molecule has 106 valence electrons. The van der Waals surface area contributed by atoms with Crippen LogP contribution in [0, 0.1) is 0 Å². The topological polar surface area (TPSA) is 63.8 Å². The number of nitrogens with one attached hydrogen (secondary N) is 1. The second-order valence-electron chi connectivity index (χ2n) is 4.01. The fraction of sp³-hybridized carbons (Fsp3) is 0.167. The SMILES string of the molecule is NNC(c1cncnc1)c1cc(C(F)(F)F)ccc1Br. The maximum Gasteiger partial charge on any atom is 0.416 e. The maximum absolute atomic E-state index is 12.8. The first kappa shape index (κ1) is 14.9. The van der Waals surface area contributed by atoms with Gasteiger partial charge in [-0.25, -0.2) is 15.4 Å². The summed E-state index contributed by atoms with van der Waals surface area (Å²) in [5.41, 5.74) is 2.66. The highest BCUT2D eigenvalue weighted by Gasteiger charge is 2.31. The molecule has 1 aromatic carbocycles. The Hall–Kier alpha value is -1.51. The van der Waals surface area contributed by atoms with Gasteiger partial charge in [0.15, 0.2) is 0 Å². The number of rotatable bonds is 3. The van der Waals surface area contributed by atoms with E-state index in [1.807, 2.05) is 0 Å². The van der Waals surface area contributed by atoms with Crippen molar-refractivity contribution in [1.82, 2.24) is 15.4 Å². The van der Waals surface area contributed by atoms with Gasteiger partial charge in [-0.2, -0.15) is 13.2 Å². The number of aromatic nitrogens is 2. The highest BCUT2D eigenvalue weighted by atomic mass is 79.9. The molecule has 0 aliphatic rings. The molecule has 0 aliphatic heterocycles.